The zero-order chi connectivity index (χ0) is 22.0. The quantitative estimate of drug-likeness (QED) is 0.562. The average Bonchev–Trinajstić information content (AvgIpc) is 3.27. The van der Waals surface area contributed by atoms with Crippen molar-refractivity contribution in [1.29, 1.82) is 0 Å². The Morgan fingerprint density at radius 3 is 2.70 bits per heavy atom. The Balaban J connectivity index is 1.81. The van der Waals surface area contributed by atoms with Crippen molar-refractivity contribution in [2.24, 2.45) is 16.7 Å². The summed E-state index contributed by atoms with van der Waals surface area (Å²) in [7, 11) is 1.61. The third-order valence-corrected chi connectivity index (χ3v) is 7.33. The molecule has 168 valence electrons. The largest absolute Gasteiger partial charge is 0.459 e. The lowest BCUT2D eigenvalue weighted by atomic mass is 9.57. The molecule has 0 bridgehead atoms. The predicted molar refractivity (Wildman–Crippen MR) is 113 cm³/mol. The second-order valence-corrected chi connectivity index (χ2v) is 10.0. The van der Waals surface area contributed by atoms with Crippen LogP contribution >= 0.6 is 0 Å². The van der Waals surface area contributed by atoms with Crippen LogP contribution in [0.1, 0.15) is 69.9 Å². The van der Waals surface area contributed by atoms with Crippen LogP contribution in [0.5, 0.6) is 0 Å². The maximum absolute atomic E-state index is 12.8. The van der Waals surface area contributed by atoms with Crippen LogP contribution in [0.3, 0.4) is 0 Å². The molecule has 3 rings (SSSR count). The predicted octanol–water partition coefficient (Wildman–Crippen LogP) is 2.89. The van der Waals surface area contributed by atoms with E-state index < -0.39 is 5.60 Å². The molecule has 1 aromatic heterocycles. The molecule has 2 aliphatic rings. The third kappa shape index (κ3) is 4.72. The summed E-state index contributed by atoms with van der Waals surface area (Å²) in [5.74, 6) is 0.287. The maximum Gasteiger partial charge on any atom is 0.287 e. The van der Waals surface area contributed by atoms with Crippen molar-refractivity contribution >= 4 is 11.8 Å². The molecule has 0 radical (unpaired) electrons. The van der Waals surface area contributed by atoms with Crippen molar-refractivity contribution in [2.75, 3.05) is 20.3 Å². The van der Waals surface area contributed by atoms with Gasteiger partial charge in [0.1, 0.15) is 0 Å². The molecule has 2 fully saturated rings. The highest BCUT2D eigenvalue weighted by Gasteiger charge is 2.61. The van der Waals surface area contributed by atoms with Crippen LogP contribution in [-0.4, -0.2) is 48.8 Å². The van der Waals surface area contributed by atoms with Crippen LogP contribution in [0.2, 0.25) is 0 Å². The molecule has 2 aliphatic carbocycles. The number of carbonyl (C=O) groups excluding carboxylic acids is 2. The topological polar surface area (TPSA) is 101 Å². The second-order valence-electron chi connectivity index (χ2n) is 10.0. The molecule has 0 saturated heterocycles. The first kappa shape index (κ1) is 22.8. The number of carbonyl (C=O) groups is 2. The molecule has 1 heterocycles. The monoisotopic (exact) mass is 420 g/mol. The van der Waals surface area contributed by atoms with Gasteiger partial charge in [0.05, 0.1) is 18.5 Å². The molecule has 4 atom stereocenters. The summed E-state index contributed by atoms with van der Waals surface area (Å²) < 4.78 is 10.3. The molecule has 2 amide bonds. The van der Waals surface area contributed by atoms with Crippen molar-refractivity contribution in [3.63, 3.8) is 0 Å². The van der Waals surface area contributed by atoms with Crippen LogP contribution in [0, 0.1) is 16.7 Å². The Kier molecular flexibility index (Phi) is 6.63. The minimum Gasteiger partial charge on any atom is -0.459 e. The Morgan fingerprint density at radius 1 is 1.27 bits per heavy atom. The van der Waals surface area contributed by atoms with Gasteiger partial charge in [0.25, 0.3) is 5.91 Å². The number of amides is 2. The van der Waals surface area contributed by atoms with Gasteiger partial charge in [-0.15, -0.1) is 0 Å². The molecule has 0 unspecified atom stereocenters. The summed E-state index contributed by atoms with van der Waals surface area (Å²) >= 11 is 0. The zero-order valence-electron chi connectivity index (χ0n) is 18.6. The van der Waals surface area contributed by atoms with Crippen molar-refractivity contribution in [1.82, 2.24) is 10.6 Å². The first-order chi connectivity index (χ1) is 14.1. The molecule has 0 aromatic carbocycles. The van der Waals surface area contributed by atoms with E-state index in [1.54, 1.807) is 19.2 Å². The molecular weight excluding hydrogens is 384 g/mol. The molecule has 3 N–H and O–H groups in total. The zero-order valence-corrected chi connectivity index (χ0v) is 18.6. The number of furan rings is 1. The van der Waals surface area contributed by atoms with E-state index in [-0.39, 0.29) is 34.6 Å². The molecular formula is C23H36N2O5. The number of ether oxygens (including phenoxy) is 1. The number of methoxy groups -OCH3 is 1. The van der Waals surface area contributed by atoms with Gasteiger partial charge in [-0.2, -0.15) is 0 Å². The normalized spacial score (nSPS) is 32.4. The van der Waals surface area contributed by atoms with Gasteiger partial charge >= 0.3 is 0 Å². The van der Waals surface area contributed by atoms with E-state index in [1.807, 2.05) is 6.92 Å². The van der Waals surface area contributed by atoms with E-state index >= 15 is 0 Å². The van der Waals surface area contributed by atoms with Crippen molar-refractivity contribution in [3.8, 4) is 0 Å². The highest BCUT2D eigenvalue weighted by Crippen LogP contribution is 2.63. The van der Waals surface area contributed by atoms with Gasteiger partial charge in [0, 0.05) is 26.1 Å². The van der Waals surface area contributed by atoms with Gasteiger partial charge < -0.3 is 24.9 Å². The van der Waals surface area contributed by atoms with Gasteiger partial charge in [-0.1, -0.05) is 13.8 Å². The number of fused-ring (bicyclic) bond motifs is 1. The average molecular weight is 421 g/mol. The third-order valence-electron chi connectivity index (χ3n) is 7.33. The van der Waals surface area contributed by atoms with Crippen molar-refractivity contribution in [3.05, 3.63) is 24.2 Å². The summed E-state index contributed by atoms with van der Waals surface area (Å²) in [5, 5.41) is 16.9. The number of hydrogen-bond acceptors (Lipinski definition) is 5. The minimum absolute atomic E-state index is 0.00155. The van der Waals surface area contributed by atoms with Crippen LogP contribution < -0.4 is 10.6 Å². The smallest absolute Gasteiger partial charge is 0.287 e. The fourth-order valence-electron chi connectivity index (χ4n) is 5.80. The fraction of sp³-hybridized carbons (Fsp3) is 0.739. The first-order valence-corrected chi connectivity index (χ1v) is 10.9. The summed E-state index contributed by atoms with van der Waals surface area (Å²) in [6.07, 6.45) is 5.50. The summed E-state index contributed by atoms with van der Waals surface area (Å²) in [4.78, 5) is 25.2. The number of aliphatic hydroxyl groups is 1. The summed E-state index contributed by atoms with van der Waals surface area (Å²) in [5.41, 5.74) is -1.00. The van der Waals surface area contributed by atoms with Gasteiger partial charge in [-0.3, -0.25) is 9.59 Å². The highest BCUT2D eigenvalue weighted by atomic mass is 16.5. The van der Waals surface area contributed by atoms with Crippen molar-refractivity contribution in [2.45, 2.75) is 70.9 Å². The van der Waals surface area contributed by atoms with Crippen LogP contribution in [0.4, 0.5) is 0 Å². The Bertz CT molecular complexity index is 743. The van der Waals surface area contributed by atoms with E-state index in [1.165, 1.54) is 6.26 Å². The highest BCUT2D eigenvalue weighted by molar-refractivity contribution is 5.91. The van der Waals surface area contributed by atoms with Gasteiger partial charge in [0.2, 0.25) is 5.91 Å². The second kappa shape index (κ2) is 8.71. The Hall–Kier alpha value is -1.86. The van der Waals surface area contributed by atoms with Gasteiger partial charge in [0.15, 0.2) is 5.76 Å². The van der Waals surface area contributed by atoms with Crippen LogP contribution in [-0.2, 0) is 9.53 Å². The van der Waals surface area contributed by atoms with E-state index in [2.05, 4.69) is 24.5 Å². The van der Waals surface area contributed by atoms with E-state index in [0.717, 1.165) is 12.8 Å². The summed E-state index contributed by atoms with van der Waals surface area (Å²) in [6, 6.07) is 3.29. The molecule has 2 saturated carbocycles. The van der Waals surface area contributed by atoms with Crippen LogP contribution in [0.25, 0.3) is 0 Å². The molecule has 7 nitrogen and oxygen atoms in total. The van der Waals surface area contributed by atoms with Crippen LogP contribution in [0.15, 0.2) is 22.8 Å². The fourth-order valence-corrected chi connectivity index (χ4v) is 5.80. The van der Waals surface area contributed by atoms with Gasteiger partial charge in [-0.25, -0.2) is 0 Å². The Labute approximate surface area is 178 Å². The first-order valence-electron chi connectivity index (χ1n) is 10.9. The standard InChI is InChI=1S/C23H36N2O5/c1-21(2)15-18(25-20(27)16-6-5-12-30-16)23(8-7-19(26)24-11-13-29-4)10-9-22(3,28)14-17(21)23/h5-6,12,17-18,28H,7-11,13-15H2,1-4H3,(H,24,26)(H,25,27)/t17-,18-,22+,23+/m0/s1. The lowest BCUT2D eigenvalue weighted by molar-refractivity contribution is -0.123. The molecule has 0 aliphatic heterocycles. The molecule has 7 heteroatoms. The Morgan fingerprint density at radius 2 is 2.03 bits per heavy atom. The minimum atomic E-state index is -0.716. The molecule has 30 heavy (non-hydrogen) atoms. The van der Waals surface area contributed by atoms with E-state index in [0.29, 0.717) is 44.6 Å². The van der Waals surface area contributed by atoms with E-state index in [9.17, 15) is 14.7 Å². The summed E-state index contributed by atoms with van der Waals surface area (Å²) in [6.45, 7) is 7.30. The number of rotatable bonds is 8. The van der Waals surface area contributed by atoms with Crippen molar-refractivity contribution < 1.29 is 23.8 Å². The van der Waals surface area contributed by atoms with E-state index in [4.69, 9.17) is 9.15 Å². The maximum atomic E-state index is 12.8. The van der Waals surface area contributed by atoms with Gasteiger partial charge in [-0.05, 0) is 67.9 Å². The SMILES string of the molecule is COCCNC(=O)CC[C@@]12CC[C@@](C)(O)C[C@H]1C(C)(C)C[C@@H]2NC(=O)c1ccco1. The lowest BCUT2D eigenvalue weighted by Gasteiger charge is -2.50. The lowest BCUT2D eigenvalue weighted by Crippen LogP contribution is -2.52. The number of hydrogen-bond donors (Lipinski definition) is 3. The molecule has 1 aromatic rings. The number of nitrogens with one attached hydrogen (secondary N) is 2. The molecule has 0 spiro atoms.